The molecule has 1 aromatic carbocycles. The second-order valence-corrected chi connectivity index (χ2v) is 16.4. The number of benzene rings is 1. The Morgan fingerprint density at radius 2 is 1.96 bits per heavy atom. The van der Waals surface area contributed by atoms with Gasteiger partial charge in [0.25, 0.3) is 5.91 Å². The molecule has 12 heteroatoms. The zero-order chi connectivity index (χ0) is 33.6. The Kier molecular flexibility index (Phi) is 9.01. The molecule has 2 aliphatic heterocycles. The first-order valence-electron chi connectivity index (χ1n) is 16.8. The number of pyridine rings is 1. The number of hydrogen-bond acceptors (Lipinski definition) is 8. The molecule has 47 heavy (non-hydrogen) atoms. The van der Waals surface area contributed by atoms with Crippen molar-refractivity contribution in [2.24, 2.45) is 17.8 Å². The van der Waals surface area contributed by atoms with Crippen LogP contribution < -0.4 is 19.5 Å². The van der Waals surface area contributed by atoms with Crippen LogP contribution in [0.3, 0.4) is 0 Å². The van der Waals surface area contributed by atoms with Gasteiger partial charge in [0.05, 0.1) is 18.4 Å². The maximum Gasteiger partial charge on any atom is 0.259 e. The summed E-state index contributed by atoms with van der Waals surface area (Å²) < 4.78 is 39.2. The van der Waals surface area contributed by atoms with Crippen molar-refractivity contribution in [3.05, 3.63) is 42.5 Å². The molecular formula is C35H46N4O7S. The van der Waals surface area contributed by atoms with Crippen LogP contribution in [0.25, 0.3) is 10.8 Å². The number of carbonyl (C=O) groups excluding carboxylic acids is 3. The molecular weight excluding hydrogens is 620 g/mol. The Labute approximate surface area is 276 Å². The number of ether oxygens (including phenoxy) is 2. The third-order valence-corrected chi connectivity index (χ3v) is 12.8. The van der Waals surface area contributed by atoms with Gasteiger partial charge in [-0.3, -0.25) is 19.1 Å². The van der Waals surface area contributed by atoms with Crippen LogP contribution in [-0.2, 0) is 24.4 Å². The lowest BCUT2D eigenvalue weighted by atomic mass is 9.88. The number of fused-ring (bicyclic) bond motifs is 3. The van der Waals surface area contributed by atoms with Gasteiger partial charge < -0.3 is 19.7 Å². The van der Waals surface area contributed by atoms with E-state index in [1.807, 2.05) is 42.5 Å². The maximum absolute atomic E-state index is 14.2. The molecule has 0 spiro atoms. The number of hydrogen-bond donors (Lipinski definition) is 2. The summed E-state index contributed by atoms with van der Waals surface area (Å²) in [5.41, 5.74) is -1.41. The lowest BCUT2D eigenvalue weighted by Crippen LogP contribution is -2.57. The molecule has 0 unspecified atom stereocenters. The van der Waals surface area contributed by atoms with Crippen molar-refractivity contribution in [3.8, 4) is 11.8 Å². The van der Waals surface area contributed by atoms with E-state index in [0.717, 1.165) is 36.5 Å². The minimum Gasteiger partial charge on any atom is -0.481 e. The molecule has 4 aliphatic rings. The van der Waals surface area contributed by atoms with Gasteiger partial charge >= 0.3 is 0 Å². The molecule has 2 N–H and O–H groups in total. The Morgan fingerprint density at radius 1 is 1.19 bits per heavy atom. The van der Waals surface area contributed by atoms with E-state index in [4.69, 9.17) is 9.47 Å². The van der Waals surface area contributed by atoms with E-state index in [9.17, 15) is 22.8 Å². The van der Waals surface area contributed by atoms with Crippen molar-refractivity contribution in [2.75, 3.05) is 13.7 Å². The summed E-state index contributed by atoms with van der Waals surface area (Å²) in [6, 6.07) is 8.54. The number of methoxy groups -OCH3 is 1. The van der Waals surface area contributed by atoms with Crippen molar-refractivity contribution < 1.29 is 32.3 Å². The molecule has 2 aromatic rings. The van der Waals surface area contributed by atoms with Gasteiger partial charge in [-0.15, -0.1) is 0 Å². The van der Waals surface area contributed by atoms with Gasteiger partial charge in [0.15, 0.2) is 0 Å². The molecule has 1 aromatic heterocycles. The average Bonchev–Trinajstić information content (AvgIpc) is 3.92. The third-order valence-electron chi connectivity index (χ3n) is 10.6. The van der Waals surface area contributed by atoms with E-state index in [2.05, 4.69) is 28.9 Å². The number of aromatic nitrogens is 1. The fourth-order valence-electron chi connectivity index (χ4n) is 7.06. The molecule has 3 heterocycles. The van der Waals surface area contributed by atoms with Crippen molar-refractivity contribution in [2.45, 2.75) is 101 Å². The standard InChI is InChI=1S/C35H46N4O7S/c1-5-23-16-22(2)10-6-8-12-25-20-35(25,33(42)38-47(43,44)34(3)14-15-34)37-31(41)28-19-26(21-39(28)30(40)17-23)46-32-27-13-9-7-11-24(27)18-29(36-32)45-4/h7-9,11-13,18,22-23,25-26,28H,5-6,10,14-17,19-21H2,1-4H3,(H,37,41)(H,38,42)/b12-8-/t22-,23+,25+,26+,28-,35+/m0/s1. The molecule has 2 aliphatic carbocycles. The minimum absolute atomic E-state index is 0.137. The summed E-state index contributed by atoms with van der Waals surface area (Å²) in [7, 11) is -2.38. The number of nitrogens with zero attached hydrogens (tertiary/aromatic N) is 2. The van der Waals surface area contributed by atoms with Crippen LogP contribution in [0.5, 0.6) is 11.8 Å². The summed E-state index contributed by atoms with van der Waals surface area (Å²) in [6.45, 7) is 6.07. The quantitative estimate of drug-likeness (QED) is 0.418. The van der Waals surface area contributed by atoms with Gasteiger partial charge in [-0.1, -0.05) is 50.6 Å². The number of nitrogens with one attached hydrogen (secondary N) is 2. The molecule has 6 atom stereocenters. The number of sulfonamides is 1. The highest BCUT2D eigenvalue weighted by Gasteiger charge is 2.63. The molecule has 2 saturated carbocycles. The van der Waals surface area contributed by atoms with Gasteiger partial charge in [0.1, 0.15) is 17.7 Å². The summed E-state index contributed by atoms with van der Waals surface area (Å²) in [4.78, 5) is 48.0. The second kappa shape index (κ2) is 12.7. The fraction of sp³-hybridized carbons (Fsp3) is 0.600. The number of rotatable bonds is 7. The molecule has 1 saturated heterocycles. The van der Waals surface area contributed by atoms with E-state index in [-0.39, 0.29) is 37.1 Å². The largest absolute Gasteiger partial charge is 0.481 e. The predicted molar refractivity (Wildman–Crippen MR) is 177 cm³/mol. The first kappa shape index (κ1) is 33.2. The van der Waals surface area contributed by atoms with E-state index in [1.165, 1.54) is 7.11 Å². The van der Waals surface area contributed by atoms with Gasteiger partial charge in [0, 0.05) is 30.2 Å². The number of allylic oxidation sites excluding steroid dienone is 1. The predicted octanol–water partition coefficient (Wildman–Crippen LogP) is 4.26. The first-order chi connectivity index (χ1) is 22.4. The van der Waals surface area contributed by atoms with Crippen molar-refractivity contribution in [1.82, 2.24) is 19.9 Å². The van der Waals surface area contributed by atoms with Crippen LogP contribution in [0.2, 0.25) is 0 Å². The fourth-order valence-corrected chi connectivity index (χ4v) is 8.37. The number of carbonyl (C=O) groups is 3. The van der Waals surface area contributed by atoms with E-state index in [1.54, 1.807) is 11.8 Å². The van der Waals surface area contributed by atoms with Gasteiger partial charge in [-0.05, 0) is 68.7 Å². The van der Waals surface area contributed by atoms with Crippen LogP contribution >= 0.6 is 0 Å². The molecule has 0 radical (unpaired) electrons. The summed E-state index contributed by atoms with van der Waals surface area (Å²) >= 11 is 0. The minimum atomic E-state index is -3.92. The highest BCUT2D eigenvalue weighted by molar-refractivity contribution is 7.91. The lowest BCUT2D eigenvalue weighted by Gasteiger charge is -2.28. The Bertz CT molecular complexity index is 1690. The Hall–Kier alpha value is -3.67. The number of amides is 3. The zero-order valence-corrected chi connectivity index (χ0v) is 28.5. The highest BCUT2D eigenvalue weighted by atomic mass is 32.2. The molecule has 3 amide bonds. The van der Waals surface area contributed by atoms with E-state index >= 15 is 0 Å². The average molecular weight is 667 g/mol. The monoisotopic (exact) mass is 666 g/mol. The lowest BCUT2D eigenvalue weighted by molar-refractivity contribution is -0.140. The van der Waals surface area contributed by atoms with Crippen molar-refractivity contribution >= 4 is 38.5 Å². The third kappa shape index (κ3) is 6.71. The molecule has 254 valence electrons. The Morgan fingerprint density at radius 3 is 2.68 bits per heavy atom. The Balaban J connectivity index is 1.30. The first-order valence-corrected chi connectivity index (χ1v) is 18.3. The van der Waals surface area contributed by atoms with Crippen LogP contribution in [0.15, 0.2) is 42.5 Å². The summed E-state index contributed by atoms with van der Waals surface area (Å²) in [5.74, 6) is -0.433. The van der Waals surface area contributed by atoms with Crippen LogP contribution in [0, 0.1) is 17.8 Å². The van der Waals surface area contributed by atoms with Crippen LogP contribution in [-0.4, -0.2) is 72.1 Å². The zero-order valence-electron chi connectivity index (χ0n) is 27.7. The van der Waals surface area contributed by atoms with Crippen LogP contribution in [0.4, 0.5) is 0 Å². The molecule has 11 nitrogen and oxygen atoms in total. The summed E-state index contributed by atoms with van der Waals surface area (Å²) in [5, 5.41) is 4.60. The van der Waals surface area contributed by atoms with Gasteiger partial charge in [-0.2, -0.15) is 4.98 Å². The normalized spacial score (nSPS) is 31.4. The van der Waals surface area contributed by atoms with Gasteiger partial charge in [0.2, 0.25) is 33.6 Å². The highest BCUT2D eigenvalue weighted by Crippen LogP contribution is 2.47. The maximum atomic E-state index is 14.2. The van der Waals surface area contributed by atoms with E-state index < -0.39 is 44.3 Å². The van der Waals surface area contributed by atoms with Crippen LogP contribution in [0.1, 0.15) is 78.6 Å². The molecule has 3 fully saturated rings. The SMILES string of the molecule is CC[C@H]1CC(=O)N2C[C@H](Oc3nc(OC)cc4ccccc34)C[C@H]2C(=O)N[C@]2(C(=O)NS(=O)(=O)C3(C)CC3)C[C@H]2/C=C\CC[C@H](C)C1. The molecule has 6 rings (SSSR count). The van der Waals surface area contributed by atoms with Crippen molar-refractivity contribution in [1.29, 1.82) is 0 Å². The smallest absolute Gasteiger partial charge is 0.259 e. The summed E-state index contributed by atoms with van der Waals surface area (Å²) in [6.07, 6.45) is 8.60. The van der Waals surface area contributed by atoms with Crippen molar-refractivity contribution in [3.63, 3.8) is 0 Å². The van der Waals surface area contributed by atoms with E-state index in [0.29, 0.717) is 36.9 Å². The van der Waals surface area contributed by atoms with Gasteiger partial charge in [-0.25, -0.2) is 8.42 Å². The topological polar surface area (TPSA) is 144 Å². The molecule has 0 bridgehead atoms. The second-order valence-electron chi connectivity index (χ2n) is 14.2.